The second-order valence-electron chi connectivity index (χ2n) is 11.5. The van der Waals surface area contributed by atoms with Gasteiger partial charge in [0.15, 0.2) is 0 Å². The van der Waals surface area contributed by atoms with Crippen LogP contribution in [0.2, 0.25) is 0 Å². The number of aryl methyl sites for hydroxylation is 2. The van der Waals surface area contributed by atoms with Crippen molar-refractivity contribution in [2.75, 3.05) is 24.7 Å². The summed E-state index contributed by atoms with van der Waals surface area (Å²) in [6, 6.07) is 4.60. The van der Waals surface area contributed by atoms with Gasteiger partial charge in [-0.1, -0.05) is 50.6 Å². The molecule has 0 aliphatic carbocycles. The standard InChI is InChI=1S/C32H44N2O5S/c1-7-10-11-18-39-31(38)25-24-15-16-32(40-24)26(25)29(36)34(23(19-35)20(4)9-3)28(32)30(37)33(17-8-2)27-21(5)13-12-14-22(27)6/h7-8,12-14,20,23-26,28,35H,1-2,9-11,15-19H2,3-6H3/t20-,23-,24+,25-,26-,28?,32?/m0/s1. The van der Waals surface area contributed by atoms with Crippen molar-refractivity contribution >= 4 is 35.2 Å². The van der Waals surface area contributed by atoms with Gasteiger partial charge in [0.1, 0.15) is 6.04 Å². The number of thioether (sulfide) groups is 1. The third-order valence-corrected chi connectivity index (χ3v) is 11.1. The maximum Gasteiger partial charge on any atom is 0.310 e. The number of anilines is 1. The molecule has 3 aliphatic rings. The van der Waals surface area contributed by atoms with Crippen LogP contribution in [0.25, 0.3) is 0 Å². The second-order valence-corrected chi connectivity index (χ2v) is 13.1. The predicted molar refractivity (Wildman–Crippen MR) is 160 cm³/mol. The zero-order valence-corrected chi connectivity index (χ0v) is 25.1. The average molecular weight is 569 g/mol. The molecule has 0 saturated carbocycles. The Kier molecular flexibility index (Phi) is 9.51. The first-order chi connectivity index (χ1) is 19.2. The molecule has 3 fully saturated rings. The number of para-hydroxylation sites is 1. The van der Waals surface area contributed by atoms with E-state index in [1.165, 1.54) is 0 Å². The molecule has 218 valence electrons. The molecule has 2 amide bonds. The number of benzene rings is 1. The first-order valence-corrected chi connectivity index (χ1v) is 15.4. The van der Waals surface area contributed by atoms with Crippen molar-refractivity contribution in [3.63, 3.8) is 0 Å². The summed E-state index contributed by atoms with van der Waals surface area (Å²) in [7, 11) is 0. The van der Waals surface area contributed by atoms with E-state index in [4.69, 9.17) is 4.74 Å². The highest BCUT2D eigenvalue weighted by atomic mass is 32.2. The lowest BCUT2D eigenvalue weighted by atomic mass is 9.71. The maximum absolute atomic E-state index is 14.8. The minimum absolute atomic E-state index is 0.0287. The third kappa shape index (κ3) is 5.02. The van der Waals surface area contributed by atoms with Crippen molar-refractivity contribution in [2.24, 2.45) is 17.8 Å². The summed E-state index contributed by atoms with van der Waals surface area (Å²) in [6.07, 6.45) is 7.09. The Morgan fingerprint density at radius 2 is 1.98 bits per heavy atom. The first-order valence-electron chi connectivity index (χ1n) is 14.5. The van der Waals surface area contributed by atoms with E-state index in [0.29, 0.717) is 19.4 Å². The normalized spacial score (nSPS) is 28.2. The van der Waals surface area contributed by atoms with Crippen molar-refractivity contribution in [1.82, 2.24) is 4.90 Å². The van der Waals surface area contributed by atoms with Gasteiger partial charge in [0.2, 0.25) is 5.91 Å². The minimum Gasteiger partial charge on any atom is -0.465 e. The Balaban J connectivity index is 1.80. The largest absolute Gasteiger partial charge is 0.465 e. The molecule has 0 radical (unpaired) electrons. The number of aliphatic hydroxyl groups excluding tert-OH is 1. The lowest BCUT2D eigenvalue weighted by molar-refractivity contribution is -0.154. The fraction of sp³-hybridized carbons (Fsp3) is 0.594. The fourth-order valence-electron chi connectivity index (χ4n) is 7.11. The lowest BCUT2D eigenvalue weighted by Gasteiger charge is -2.41. The number of ether oxygens (including phenoxy) is 1. The Hall–Kier alpha value is -2.58. The van der Waals surface area contributed by atoms with Gasteiger partial charge in [0.05, 0.1) is 35.8 Å². The number of hydrogen-bond acceptors (Lipinski definition) is 6. The molecule has 1 N–H and O–H groups in total. The molecule has 1 aromatic carbocycles. The summed E-state index contributed by atoms with van der Waals surface area (Å²) in [5.74, 6) is -2.02. The summed E-state index contributed by atoms with van der Waals surface area (Å²) in [4.78, 5) is 46.1. The number of amides is 2. The molecule has 8 heteroatoms. The van der Waals surface area contributed by atoms with E-state index in [1.807, 2.05) is 45.9 Å². The highest BCUT2D eigenvalue weighted by Gasteiger charge is 2.75. The molecular formula is C32H44N2O5S. The Morgan fingerprint density at radius 1 is 1.27 bits per heavy atom. The van der Waals surface area contributed by atoms with Crippen molar-refractivity contribution in [3.05, 3.63) is 54.6 Å². The van der Waals surface area contributed by atoms with Crippen LogP contribution in [0.5, 0.6) is 0 Å². The molecule has 3 heterocycles. The summed E-state index contributed by atoms with van der Waals surface area (Å²) >= 11 is 1.63. The van der Waals surface area contributed by atoms with Crippen molar-refractivity contribution in [3.8, 4) is 0 Å². The van der Waals surface area contributed by atoms with Crippen LogP contribution in [0.4, 0.5) is 5.69 Å². The molecule has 2 unspecified atom stereocenters. The van der Waals surface area contributed by atoms with Crippen LogP contribution in [0.15, 0.2) is 43.5 Å². The van der Waals surface area contributed by atoms with E-state index >= 15 is 0 Å². The molecule has 40 heavy (non-hydrogen) atoms. The van der Waals surface area contributed by atoms with Gasteiger partial charge in [-0.15, -0.1) is 24.9 Å². The van der Waals surface area contributed by atoms with E-state index in [9.17, 15) is 19.5 Å². The van der Waals surface area contributed by atoms with E-state index < -0.39 is 28.7 Å². The molecule has 2 bridgehead atoms. The van der Waals surface area contributed by atoms with Crippen LogP contribution in [0.3, 0.4) is 0 Å². The zero-order chi connectivity index (χ0) is 29.2. The Morgan fingerprint density at radius 3 is 2.58 bits per heavy atom. The predicted octanol–water partition coefficient (Wildman–Crippen LogP) is 4.83. The number of aliphatic hydroxyl groups is 1. The van der Waals surface area contributed by atoms with Crippen molar-refractivity contribution in [1.29, 1.82) is 0 Å². The minimum atomic E-state index is -0.802. The molecule has 3 saturated heterocycles. The van der Waals surface area contributed by atoms with E-state index in [0.717, 1.165) is 36.1 Å². The number of carbonyl (C=O) groups is 3. The second kappa shape index (κ2) is 12.5. The van der Waals surface area contributed by atoms with Gasteiger partial charge in [-0.2, -0.15) is 0 Å². The molecule has 7 atom stereocenters. The molecular weight excluding hydrogens is 524 g/mol. The van der Waals surface area contributed by atoms with Gasteiger partial charge in [-0.05, 0) is 56.6 Å². The molecule has 3 aliphatic heterocycles. The summed E-state index contributed by atoms with van der Waals surface area (Å²) in [5.41, 5.74) is 2.75. The first kappa shape index (κ1) is 30.4. The molecule has 7 nitrogen and oxygen atoms in total. The highest BCUT2D eigenvalue weighted by Crippen LogP contribution is 2.67. The van der Waals surface area contributed by atoms with Crippen LogP contribution < -0.4 is 4.90 Å². The molecule has 1 aromatic rings. The van der Waals surface area contributed by atoms with Crippen molar-refractivity contribution in [2.45, 2.75) is 81.9 Å². The van der Waals surface area contributed by atoms with Crippen LogP contribution >= 0.6 is 11.8 Å². The molecule has 4 rings (SSSR count). The number of likely N-dealkylation sites (tertiary alicyclic amines) is 1. The van der Waals surface area contributed by atoms with Gasteiger partial charge in [0.25, 0.3) is 5.91 Å². The number of allylic oxidation sites excluding steroid dienone is 1. The van der Waals surface area contributed by atoms with Crippen LogP contribution in [0.1, 0.15) is 57.1 Å². The van der Waals surface area contributed by atoms with Gasteiger partial charge in [0, 0.05) is 17.5 Å². The SMILES string of the molecule is C=CCCCOC(=O)[C@@H]1[C@H]2C(=O)N([C@@H](CO)[C@@H](C)CC)C(C(=O)N(CC=C)c3c(C)cccc3C)C23CC[C@H]1S3. The Labute approximate surface area is 243 Å². The van der Waals surface area contributed by atoms with Gasteiger partial charge < -0.3 is 19.6 Å². The number of rotatable bonds is 13. The van der Waals surface area contributed by atoms with E-state index in [-0.39, 0.29) is 42.2 Å². The van der Waals surface area contributed by atoms with Crippen LogP contribution in [-0.4, -0.2) is 69.6 Å². The smallest absolute Gasteiger partial charge is 0.310 e. The van der Waals surface area contributed by atoms with Crippen LogP contribution in [0, 0.1) is 31.6 Å². The monoisotopic (exact) mass is 568 g/mol. The lowest BCUT2D eigenvalue weighted by Crippen LogP contribution is -2.59. The number of fused-ring (bicyclic) bond motifs is 1. The van der Waals surface area contributed by atoms with Crippen molar-refractivity contribution < 1.29 is 24.2 Å². The maximum atomic E-state index is 14.8. The zero-order valence-electron chi connectivity index (χ0n) is 24.3. The average Bonchev–Trinajstić information content (AvgIpc) is 3.58. The number of hydrogen-bond donors (Lipinski definition) is 1. The van der Waals surface area contributed by atoms with Gasteiger partial charge in [-0.25, -0.2) is 0 Å². The highest BCUT2D eigenvalue weighted by molar-refractivity contribution is 8.02. The van der Waals surface area contributed by atoms with Gasteiger partial charge in [-0.3, -0.25) is 14.4 Å². The third-order valence-electron chi connectivity index (χ3n) is 9.17. The topological polar surface area (TPSA) is 87.1 Å². The summed E-state index contributed by atoms with van der Waals surface area (Å²) in [5, 5.41) is 10.5. The summed E-state index contributed by atoms with van der Waals surface area (Å²) in [6.45, 7) is 16.0. The summed E-state index contributed by atoms with van der Waals surface area (Å²) < 4.78 is 4.93. The molecule has 1 spiro atoms. The number of nitrogens with zero attached hydrogens (tertiary/aromatic N) is 2. The number of unbranched alkanes of at least 4 members (excludes halogenated alkanes) is 1. The Bertz CT molecular complexity index is 1130. The van der Waals surface area contributed by atoms with Gasteiger partial charge >= 0.3 is 5.97 Å². The number of esters is 1. The van der Waals surface area contributed by atoms with E-state index in [1.54, 1.807) is 33.7 Å². The van der Waals surface area contributed by atoms with E-state index in [2.05, 4.69) is 13.2 Å². The quantitative estimate of drug-likeness (QED) is 0.208. The van der Waals surface area contributed by atoms with Crippen LogP contribution in [-0.2, 0) is 19.1 Å². The fourth-order valence-corrected chi connectivity index (χ4v) is 9.29. The number of carbonyl (C=O) groups excluding carboxylic acids is 3. The molecule has 0 aromatic heterocycles.